The van der Waals surface area contributed by atoms with Gasteiger partial charge in [-0.25, -0.2) is 12.8 Å². The van der Waals surface area contributed by atoms with Gasteiger partial charge < -0.3 is 15.8 Å². The van der Waals surface area contributed by atoms with E-state index in [1.165, 1.54) is 17.5 Å². The van der Waals surface area contributed by atoms with Crippen molar-refractivity contribution in [3.63, 3.8) is 0 Å². The maximum Gasteiger partial charge on any atom is 0.246 e. The molecule has 0 radical (unpaired) electrons. The summed E-state index contributed by atoms with van der Waals surface area (Å²) < 4.78 is 45.8. The third-order valence-electron chi connectivity index (χ3n) is 5.17. The summed E-state index contributed by atoms with van der Waals surface area (Å²) in [4.78, 5) is 23.3. The topological polar surface area (TPSA) is 119 Å². The average Bonchev–Trinajstić information content (AvgIpc) is 2.74. The molecule has 2 amide bonds. The number of benzene rings is 2. The molecule has 2 aromatic carbocycles. The number of ether oxygens (including phenoxy) is 1. The fraction of sp³-hybridized carbons (Fsp3) is 0.333. The molecule has 0 atom stereocenters. The van der Waals surface area contributed by atoms with Gasteiger partial charge in [-0.3, -0.25) is 9.59 Å². The van der Waals surface area contributed by atoms with Crippen molar-refractivity contribution in [3.05, 3.63) is 53.8 Å². The second-order valence-electron chi connectivity index (χ2n) is 7.30. The van der Waals surface area contributed by atoms with Crippen LogP contribution in [-0.2, 0) is 26.0 Å². The zero-order valence-corrected chi connectivity index (χ0v) is 17.8. The number of anilines is 1. The molecule has 0 spiro atoms. The van der Waals surface area contributed by atoms with Crippen LogP contribution in [0.4, 0.5) is 10.1 Å². The predicted octanol–water partition coefficient (Wildman–Crippen LogP) is 1.90. The van der Waals surface area contributed by atoms with Crippen LogP contribution in [0.5, 0.6) is 5.75 Å². The van der Waals surface area contributed by atoms with Crippen LogP contribution in [0.2, 0.25) is 0 Å². The third kappa shape index (κ3) is 5.39. The summed E-state index contributed by atoms with van der Waals surface area (Å²) in [6, 6.07) is 10.1. The molecule has 0 aliphatic carbocycles. The Kier molecular flexibility index (Phi) is 6.91. The van der Waals surface area contributed by atoms with Crippen LogP contribution in [-0.4, -0.2) is 44.7 Å². The molecule has 8 nitrogen and oxygen atoms in total. The summed E-state index contributed by atoms with van der Waals surface area (Å²) in [5, 5.41) is 2.81. The van der Waals surface area contributed by atoms with Gasteiger partial charge in [0.05, 0.1) is 13.5 Å². The van der Waals surface area contributed by atoms with Crippen LogP contribution < -0.4 is 15.8 Å². The lowest BCUT2D eigenvalue weighted by Gasteiger charge is -2.30. The number of piperidine rings is 1. The summed E-state index contributed by atoms with van der Waals surface area (Å²) >= 11 is 0. The van der Waals surface area contributed by atoms with Gasteiger partial charge in [0, 0.05) is 24.7 Å². The van der Waals surface area contributed by atoms with E-state index in [9.17, 15) is 22.4 Å². The van der Waals surface area contributed by atoms with E-state index in [1.807, 2.05) is 0 Å². The minimum atomic E-state index is -3.95. The number of rotatable bonds is 7. The molecule has 3 N–H and O–H groups in total. The van der Waals surface area contributed by atoms with Gasteiger partial charge in [0.25, 0.3) is 0 Å². The number of carbonyl (C=O) groups is 2. The molecule has 166 valence electrons. The second-order valence-corrected chi connectivity index (χ2v) is 9.21. The van der Waals surface area contributed by atoms with Gasteiger partial charge in [-0.1, -0.05) is 12.1 Å². The van der Waals surface area contributed by atoms with Gasteiger partial charge in [0.2, 0.25) is 21.8 Å². The van der Waals surface area contributed by atoms with Gasteiger partial charge >= 0.3 is 0 Å². The number of hydrogen-bond donors (Lipinski definition) is 2. The third-order valence-corrected chi connectivity index (χ3v) is 7.09. The summed E-state index contributed by atoms with van der Waals surface area (Å²) in [7, 11) is -2.63. The van der Waals surface area contributed by atoms with Crippen LogP contribution in [0.1, 0.15) is 18.4 Å². The number of carbonyl (C=O) groups excluding carboxylic acids is 2. The molecule has 1 aliphatic rings. The highest BCUT2D eigenvalue weighted by molar-refractivity contribution is 7.89. The zero-order chi connectivity index (χ0) is 22.6. The fourth-order valence-corrected chi connectivity index (χ4v) is 5.14. The smallest absolute Gasteiger partial charge is 0.246 e. The SMILES string of the molecule is COc1ccc(F)cc1S(=O)(=O)N1CCC(C(=O)Nc2ccc(CC(N)=O)cc2)CC1. The molecule has 2 aromatic rings. The maximum atomic E-state index is 13.6. The summed E-state index contributed by atoms with van der Waals surface area (Å²) in [6.07, 6.45) is 0.794. The van der Waals surface area contributed by atoms with Crippen LogP contribution >= 0.6 is 0 Å². The number of methoxy groups -OCH3 is 1. The average molecular weight is 450 g/mol. The van der Waals surface area contributed by atoms with Crippen molar-refractivity contribution in [3.8, 4) is 5.75 Å². The Balaban J connectivity index is 1.62. The molecule has 1 aliphatic heterocycles. The Hall–Kier alpha value is -2.98. The Morgan fingerprint density at radius 2 is 1.81 bits per heavy atom. The Bertz CT molecular complexity index is 1060. The number of hydrogen-bond acceptors (Lipinski definition) is 5. The van der Waals surface area contributed by atoms with E-state index in [0.29, 0.717) is 18.5 Å². The molecular formula is C21H24FN3O5S. The van der Waals surface area contributed by atoms with E-state index >= 15 is 0 Å². The number of nitrogens with zero attached hydrogens (tertiary/aromatic N) is 1. The Morgan fingerprint density at radius 1 is 1.16 bits per heavy atom. The lowest BCUT2D eigenvalue weighted by atomic mass is 9.97. The van der Waals surface area contributed by atoms with Gasteiger partial charge in [0.1, 0.15) is 16.5 Å². The van der Waals surface area contributed by atoms with Crippen LogP contribution in [0.15, 0.2) is 47.4 Å². The van der Waals surface area contributed by atoms with Crippen molar-refractivity contribution in [2.24, 2.45) is 11.7 Å². The molecule has 1 heterocycles. The fourth-order valence-electron chi connectivity index (χ4n) is 3.50. The standard InChI is InChI=1S/C21H24FN3O5S/c1-30-18-7-4-16(22)13-19(18)31(28,29)25-10-8-15(9-11-25)21(27)24-17-5-2-14(3-6-17)12-20(23)26/h2-7,13,15H,8-12H2,1H3,(H2,23,26)(H,24,27). The first kappa shape index (κ1) is 22.7. The van der Waals surface area contributed by atoms with Crippen molar-refractivity contribution in [2.75, 3.05) is 25.5 Å². The van der Waals surface area contributed by atoms with E-state index in [4.69, 9.17) is 10.5 Å². The summed E-state index contributed by atoms with van der Waals surface area (Å²) in [5.41, 5.74) is 6.49. The van der Waals surface area contributed by atoms with Crippen molar-refractivity contribution < 1.29 is 27.1 Å². The molecule has 10 heteroatoms. The van der Waals surface area contributed by atoms with Crippen LogP contribution in [0.3, 0.4) is 0 Å². The van der Waals surface area contributed by atoms with Gasteiger partial charge in [-0.15, -0.1) is 0 Å². The maximum absolute atomic E-state index is 13.6. The second kappa shape index (κ2) is 9.44. The van der Waals surface area contributed by atoms with E-state index in [1.54, 1.807) is 24.3 Å². The molecule has 1 saturated heterocycles. The van der Waals surface area contributed by atoms with Gasteiger partial charge in [-0.05, 0) is 48.7 Å². The van der Waals surface area contributed by atoms with Crippen molar-refractivity contribution in [1.82, 2.24) is 4.31 Å². The summed E-state index contributed by atoms with van der Waals surface area (Å²) in [5.74, 6) is -1.60. The van der Waals surface area contributed by atoms with E-state index in [-0.39, 0.29) is 42.0 Å². The molecule has 0 saturated carbocycles. The normalized spacial score (nSPS) is 15.4. The Labute approximate surface area is 180 Å². The van der Waals surface area contributed by atoms with Gasteiger partial charge in [-0.2, -0.15) is 4.31 Å². The quantitative estimate of drug-likeness (QED) is 0.669. The Morgan fingerprint density at radius 3 is 2.39 bits per heavy atom. The van der Waals surface area contributed by atoms with Crippen molar-refractivity contribution >= 4 is 27.5 Å². The monoisotopic (exact) mass is 449 g/mol. The molecular weight excluding hydrogens is 425 g/mol. The first-order chi connectivity index (χ1) is 14.7. The number of primary amides is 1. The van der Waals surface area contributed by atoms with E-state index in [0.717, 1.165) is 17.7 Å². The van der Waals surface area contributed by atoms with E-state index in [2.05, 4.69) is 5.32 Å². The van der Waals surface area contributed by atoms with Gasteiger partial charge in [0.15, 0.2) is 0 Å². The minimum Gasteiger partial charge on any atom is -0.495 e. The number of nitrogens with two attached hydrogens (primary N) is 1. The minimum absolute atomic E-state index is 0.0704. The lowest BCUT2D eigenvalue weighted by Crippen LogP contribution is -2.41. The van der Waals surface area contributed by atoms with Crippen molar-refractivity contribution in [2.45, 2.75) is 24.2 Å². The number of sulfonamides is 1. The lowest BCUT2D eigenvalue weighted by molar-refractivity contribution is -0.121. The first-order valence-corrected chi connectivity index (χ1v) is 11.2. The molecule has 1 fully saturated rings. The number of amides is 2. The van der Waals surface area contributed by atoms with Crippen LogP contribution in [0.25, 0.3) is 0 Å². The van der Waals surface area contributed by atoms with Crippen molar-refractivity contribution in [1.29, 1.82) is 0 Å². The number of nitrogens with one attached hydrogen (secondary N) is 1. The zero-order valence-electron chi connectivity index (χ0n) is 17.0. The number of halogens is 1. The predicted molar refractivity (Wildman–Crippen MR) is 112 cm³/mol. The molecule has 0 bridgehead atoms. The van der Waals surface area contributed by atoms with E-state index < -0.39 is 21.7 Å². The largest absolute Gasteiger partial charge is 0.495 e. The highest BCUT2D eigenvalue weighted by atomic mass is 32.2. The molecule has 0 aromatic heterocycles. The first-order valence-electron chi connectivity index (χ1n) is 9.72. The highest BCUT2D eigenvalue weighted by Crippen LogP contribution is 2.30. The molecule has 31 heavy (non-hydrogen) atoms. The molecule has 0 unspecified atom stereocenters. The van der Waals surface area contributed by atoms with Crippen LogP contribution in [0, 0.1) is 11.7 Å². The summed E-state index contributed by atoms with van der Waals surface area (Å²) in [6.45, 7) is 0.273. The highest BCUT2D eigenvalue weighted by Gasteiger charge is 2.34. The molecule has 3 rings (SSSR count).